The number of amides is 1. The summed E-state index contributed by atoms with van der Waals surface area (Å²) in [4.78, 5) is 38.6. The number of aryl methyl sites for hydroxylation is 2. The lowest BCUT2D eigenvalue weighted by Gasteiger charge is -2.24. The Morgan fingerprint density at radius 3 is 1.65 bits per heavy atom. The van der Waals surface area contributed by atoms with Gasteiger partial charge in [-0.1, -0.05) is 26.0 Å². The van der Waals surface area contributed by atoms with Crippen LogP contribution < -0.4 is 11.1 Å². The van der Waals surface area contributed by atoms with Gasteiger partial charge in [-0.2, -0.15) is 0 Å². The third-order valence-electron chi connectivity index (χ3n) is 9.36. The van der Waals surface area contributed by atoms with Crippen molar-refractivity contribution in [2.45, 2.75) is 91.8 Å². The van der Waals surface area contributed by atoms with Gasteiger partial charge in [0.2, 0.25) is 0 Å². The molecule has 0 aliphatic carbocycles. The number of rotatable bonds is 11. The molecule has 4 aromatic heterocycles. The predicted molar refractivity (Wildman–Crippen MR) is 197 cm³/mol. The van der Waals surface area contributed by atoms with Gasteiger partial charge in [0.05, 0.1) is 44.5 Å². The SMILES string of the molecule is CC(N)[C@H](C)CCc1nc2ccc(-c3ccc4nc(-c5ccc6nc(CCC(C)[C@@H](C)NC(=O)OC(C)(C)C)[nH]c6c5)ccc4n3)cc2[nH]1. The Bertz CT molecular complexity index is 2090. The fourth-order valence-electron chi connectivity index (χ4n) is 5.89. The minimum atomic E-state index is -0.520. The van der Waals surface area contributed by atoms with Crippen LogP contribution in [-0.2, 0) is 17.6 Å². The van der Waals surface area contributed by atoms with Gasteiger partial charge < -0.3 is 25.8 Å². The maximum Gasteiger partial charge on any atom is 0.407 e. The van der Waals surface area contributed by atoms with Gasteiger partial charge in [-0.05, 0) is 108 Å². The topological polar surface area (TPSA) is 147 Å². The van der Waals surface area contributed by atoms with E-state index in [9.17, 15) is 4.79 Å². The fourth-order valence-corrected chi connectivity index (χ4v) is 5.89. The molecule has 0 saturated carbocycles. The third kappa shape index (κ3) is 8.25. The second-order valence-electron chi connectivity index (χ2n) is 14.6. The van der Waals surface area contributed by atoms with Crippen molar-refractivity contribution in [3.8, 4) is 22.5 Å². The zero-order valence-electron chi connectivity index (χ0n) is 29.6. The van der Waals surface area contributed by atoms with Crippen LogP contribution >= 0.6 is 0 Å². The normalized spacial score (nSPS) is 14.6. The quantitative estimate of drug-likeness (QED) is 0.110. The van der Waals surface area contributed by atoms with Crippen molar-refractivity contribution in [1.82, 2.24) is 35.2 Å². The first-order chi connectivity index (χ1) is 23.3. The van der Waals surface area contributed by atoms with E-state index in [0.717, 1.165) is 92.9 Å². The van der Waals surface area contributed by atoms with E-state index in [2.05, 4.69) is 66.4 Å². The van der Waals surface area contributed by atoms with E-state index < -0.39 is 5.60 Å². The lowest BCUT2D eigenvalue weighted by atomic mass is 9.98. The highest BCUT2D eigenvalue weighted by molar-refractivity contribution is 5.86. The molecule has 0 spiro atoms. The van der Waals surface area contributed by atoms with E-state index >= 15 is 0 Å². The van der Waals surface area contributed by atoms with Crippen LogP contribution in [0, 0.1) is 11.8 Å². The van der Waals surface area contributed by atoms with Crippen molar-refractivity contribution >= 4 is 39.2 Å². The van der Waals surface area contributed by atoms with E-state index in [4.69, 9.17) is 30.4 Å². The van der Waals surface area contributed by atoms with Crippen LogP contribution in [-0.4, -0.2) is 53.7 Å². The average molecular weight is 661 g/mol. The van der Waals surface area contributed by atoms with Crippen molar-refractivity contribution in [3.63, 3.8) is 0 Å². The van der Waals surface area contributed by atoms with Crippen molar-refractivity contribution in [1.29, 1.82) is 0 Å². The van der Waals surface area contributed by atoms with Crippen molar-refractivity contribution in [3.05, 3.63) is 72.3 Å². The Balaban J connectivity index is 1.12. The molecule has 10 heteroatoms. The number of ether oxygens (including phenoxy) is 1. The van der Waals surface area contributed by atoms with E-state index in [0.29, 0.717) is 5.92 Å². The highest BCUT2D eigenvalue weighted by Gasteiger charge is 2.21. The Morgan fingerprint density at radius 1 is 0.714 bits per heavy atom. The molecule has 49 heavy (non-hydrogen) atoms. The van der Waals surface area contributed by atoms with Crippen LogP contribution in [0.2, 0.25) is 0 Å². The molecule has 6 aromatic rings. The predicted octanol–water partition coefficient (Wildman–Crippen LogP) is 8.11. The van der Waals surface area contributed by atoms with Crippen LogP contribution in [0.3, 0.4) is 0 Å². The number of alkyl carbamates (subject to hydrolysis) is 1. The summed E-state index contributed by atoms with van der Waals surface area (Å²) in [7, 11) is 0. The summed E-state index contributed by atoms with van der Waals surface area (Å²) in [5.74, 6) is 2.60. The number of aromatic amines is 2. The molecule has 0 bridgehead atoms. The number of H-pyrrole nitrogens is 2. The van der Waals surface area contributed by atoms with E-state index in [1.54, 1.807) is 0 Å². The molecule has 6 rings (SSSR count). The van der Waals surface area contributed by atoms with Gasteiger partial charge in [-0.25, -0.2) is 24.7 Å². The highest BCUT2D eigenvalue weighted by atomic mass is 16.6. The molecule has 4 heterocycles. The molecular formula is C39H48N8O2. The summed E-state index contributed by atoms with van der Waals surface area (Å²) in [5, 5.41) is 2.96. The summed E-state index contributed by atoms with van der Waals surface area (Å²) >= 11 is 0. The Labute approximate surface area is 287 Å². The first-order valence-electron chi connectivity index (χ1n) is 17.3. The van der Waals surface area contributed by atoms with Crippen molar-refractivity contribution in [2.75, 3.05) is 0 Å². The summed E-state index contributed by atoms with van der Waals surface area (Å²) in [6.45, 7) is 14.0. The number of imidazole rings is 2. The standard InChI is InChI=1S/C39H48N8O2/c1-22(24(3)40)8-18-36-44-32-12-10-26(20-34(32)46-36)28-14-16-31-30(42-28)17-15-29(43-31)27-11-13-33-35(21-27)47-37(45-33)19-9-23(2)25(4)41-38(48)49-39(5,6)7/h10-17,20-25H,8-9,18-19,40H2,1-7H3,(H,41,48)(H,44,46)(H,45,47)/t22-,23?,24?,25-/m1/s1. The summed E-state index contributed by atoms with van der Waals surface area (Å²) in [5.41, 5.74) is 14.9. The lowest BCUT2D eigenvalue weighted by molar-refractivity contribution is 0.0493. The number of carbonyl (C=O) groups is 1. The Morgan fingerprint density at radius 2 is 1.18 bits per heavy atom. The summed E-state index contributed by atoms with van der Waals surface area (Å²) in [6.07, 6.45) is 3.13. The van der Waals surface area contributed by atoms with Gasteiger partial charge >= 0.3 is 6.09 Å². The minimum Gasteiger partial charge on any atom is -0.444 e. The molecule has 0 aliphatic heterocycles. The molecule has 0 radical (unpaired) electrons. The van der Waals surface area contributed by atoms with Crippen molar-refractivity contribution in [2.24, 2.45) is 17.6 Å². The maximum atomic E-state index is 12.2. The minimum absolute atomic E-state index is 0.0199. The number of fused-ring (bicyclic) bond motifs is 3. The Kier molecular flexibility index (Phi) is 9.70. The number of nitrogens with zero attached hydrogens (tertiary/aromatic N) is 4. The van der Waals surface area contributed by atoms with Crippen LogP contribution in [0.4, 0.5) is 4.79 Å². The van der Waals surface area contributed by atoms with Gasteiger partial charge in [-0.15, -0.1) is 0 Å². The zero-order valence-corrected chi connectivity index (χ0v) is 29.6. The number of hydrogen-bond acceptors (Lipinski definition) is 7. The largest absolute Gasteiger partial charge is 0.444 e. The fraction of sp³-hybridized carbons (Fsp3) is 0.410. The number of benzene rings is 2. The first-order valence-corrected chi connectivity index (χ1v) is 17.3. The second-order valence-corrected chi connectivity index (χ2v) is 14.6. The molecule has 0 fully saturated rings. The number of carbonyl (C=O) groups excluding carboxylic acids is 1. The smallest absolute Gasteiger partial charge is 0.407 e. The molecule has 5 N–H and O–H groups in total. The van der Waals surface area contributed by atoms with E-state index in [-0.39, 0.29) is 24.1 Å². The van der Waals surface area contributed by atoms with Gasteiger partial charge in [0, 0.05) is 36.1 Å². The van der Waals surface area contributed by atoms with Crippen LogP contribution in [0.5, 0.6) is 0 Å². The highest BCUT2D eigenvalue weighted by Crippen LogP contribution is 2.28. The molecule has 1 amide bonds. The van der Waals surface area contributed by atoms with E-state index in [1.165, 1.54) is 0 Å². The maximum absolute atomic E-state index is 12.2. The van der Waals surface area contributed by atoms with Crippen LogP contribution in [0.15, 0.2) is 60.7 Å². The number of hydrogen-bond donors (Lipinski definition) is 4. The number of aromatic nitrogens is 6. The Hall–Kier alpha value is -4.83. The number of nitrogens with two attached hydrogens (primary N) is 1. The monoisotopic (exact) mass is 660 g/mol. The summed E-state index contributed by atoms with van der Waals surface area (Å²) < 4.78 is 5.40. The molecule has 10 nitrogen and oxygen atoms in total. The lowest BCUT2D eigenvalue weighted by Crippen LogP contribution is -2.40. The molecule has 256 valence electrons. The average Bonchev–Trinajstić information content (AvgIpc) is 3.67. The van der Waals surface area contributed by atoms with Crippen LogP contribution in [0.1, 0.15) is 73.0 Å². The molecular weight excluding hydrogens is 612 g/mol. The molecule has 2 aromatic carbocycles. The number of nitrogens with one attached hydrogen (secondary N) is 3. The zero-order chi connectivity index (χ0) is 34.9. The van der Waals surface area contributed by atoms with E-state index in [1.807, 2.05) is 58.0 Å². The number of pyridine rings is 2. The van der Waals surface area contributed by atoms with Crippen LogP contribution in [0.25, 0.3) is 55.6 Å². The molecule has 0 saturated heterocycles. The second kappa shape index (κ2) is 14.0. The molecule has 2 unspecified atom stereocenters. The van der Waals surface area contributed by atoms with Gasteiger partial charge in [-0.3, -0.25) is 0 Å². The third-order valence-corrected chi connectivity index (χ3v) is 9.36. The molecule has 4 atom stereocenters. The van der Waals surface area contributed by atoms with Gasteiger partial charge in [0.25, 0.3) is 0 Å². The molecule has 0 aliphatic rings. The van der Waals surface area contributed by atoms with Crippen molar-refractivity contribution < 1.29 is 9.53 Å². The first kappa shape index (κ1) is 34.0. The van der Waals surface area contributed by atoms with Gasteiger partial charge in [0.1, 0.15) is 17.2 Å². The van der Waals surface area contributed by atoms with Gasteiger partial charge in [0.15, 0.2) is 0 Å². The summed E-state index contributed by atoms with van der Waals surface area (Å²) in [6, 6.07) is 20.7.